The molecule has 0 aliphatic carbocycles. The molecule has 1 rings (SSSR count). The maximum atomic E-state index is 9.13. The fraction of sp³-hybridized carbons (Fsp3) is 1.00. The molecule has 1 aliphatic rings. The standard InChI is InChI=1S/C13H28N2O/c1-13(2,12-16)11-14-7-10-15-8-5-3-4-6-9-15/h14,16H,3-12H2,1-2H3. The van der Waals surface area contributed by atoms with E-state index in [2.05, 4.69) is 24.1 Å². The Kier molecular flexibility index (Phi) is 6.32. The van der Waals surface area contributed by atoms with Crippen molar-refractivity contribution in [3.8, 4) is 0 Å². The van der Waals surface area contributed by atoms with Crippen LogP contribution in [-0.4, -0.2) is 49.3 Å². The van der Waals surface area contributed by atoms with Gasteiger partial charge in [0, 0.05) is 31.7 Å². The van der Waals surface area contributed by atoms with Crippen LogP contribution in [0.4, 0.5) is 0 Å². The highest BCUT2D eigenvalue weighted by Crippen LogP contribution is 2.11. The van der Waals surface area contributed by atoms with Crippen molar-refractivity contribution in [1.82, 2.24) is 10.2 Å². The van der Waals surface area contributed by atoms with Crippen LogP contribution in [0.5, 0.6) is 0 Å². The topological polar surface area (TPSA) is 35.5 Å². The molecule has 96 valence electrons. The predicted octanol–water partition coefficient (Wildman–Crippen LogP) is 1.47. The van der Waals surface area contributed by atoms with Gasteiger partial charge in [0.2, 0.25) is 0 Å². The zero-order valence-corrected chi connectivity index (χ0v) is 11.0. The highest BCUT2D eigenvalue weighted by Gasteiger charge is 2.15. The molecule has 0 aromatic rings. The largest absolute Gasteiger partial charge is 0.396 e. The number of likely N-dealkylation sites (tertiary alicyclic amines) is 1. The van der Waals surface area contributed by atoms with Crippen molar-refractivity contribution in [2.75, 3.05) is 39.3 Å². The van der Waals surface area contributed by atoms with Crippen LogP contribution in [0.2, 0.25) is 0 Å². The molecule has 0 aromatic heterocycles. The molecule has 0 spiro atoms. The summed E-state index contributed by atoms with van der Waals surface area (Å²) in [6.45, 7) is 10.1. The average Bonchev–Trinajstić information content (AvgIpc) is 2.53. The molecule has 3 heteroatoms. The predicted molar refractivity (Wildman–Crippen MR) is 68.6 cm³/mol. The van der Waals surface area contributed by atoms with Gasteiger partial charge in [-0.05, 0) is 25.9 Å². The first-order valence-electron chi connectivity index (χ1n) is 6.68. The van der Waals surface area contributed by atoms with Crippen molar-refractivity contribution in [2.45, 2.75) is 39.5 Å². The summed E-state index contributed by atoms with van der Waals surface area (Å²) in [7, 11) is 0. The second kappa shape index (κ2) is 7.25. The molecule has 0 saturated carbocycles. The minimum Gasteiger partial charge on any atom is -0.396 e. The van der Waals surface area contributed by atoms with E-state index in [4.69, 9.17) is 5.11 Å². The number of nitrogens with one attached hydrogen (secondary N) is 1. The van der Waals surface area contributed by atoms with Gasteiger partial charge in [0.1, 0.15) is 0 Å². The summed E-state index contributed by atoms with van der Waals surface area (Å²) < 4.78 is 0. The SMILES string of the molecule is CC(C)(CO)CNCCN1CCCCCC1. The van der Waals surface area contributed by atoms with Gasteiger partial charge in [-0.1, -0.05) is 26.7 Å². The first-order chi connectivity index (χ1) is 7.64. The minimum absolute atomic E-state index is 0.0127. The number of hydrogen-bond acceptors (Lipinski definition) is 3. The lowest BCUT2D eigenvalue weighted by atomic mass is 9.95. The van der Waals surface area contributed by atoms with Crippen molar-refractivity contribution in [3.63, 3.8) is 0 Å². The Morgan fingerprint density at radius 2 is 1.75 bits per heavy atom. The number of aliphatic hydroxyl groups is 1. The lowest BCUT2D eigenvalue weighted by Gasteiger charge is -2.24. The maximum Gasteiger partial charge on any atom is 0.0494 e. The van der Waals surface area contributed by atoms with E-state index in [1.807, 2.05) is 0 Å². The van der Waals surface area contributed by atoms with Crippen LogP contribution in [-0.2, 0) is 0 Å². The van der Waals surface area contributed by atoms with Crippen LogP contribution in [0.1, 0.15) is 39.5 Å². The molecule has 0 unspecified atom stereocenters. The van der Waals surface area contributed by atoms with Crippen LogP contribution in [0.3, 0.4) is 0 Å². The number of nitrogens with zero attached hydrogens (tertiary/aromatic N) is 1. The molecule has 0 bridgehead atoms. The van der Waals surface area contributed by atoms with Crippen molar-refractivity contribution >= 4 is 0 Å². The molecule has 0 atom stereocenters. The maximum absolute atomic E-state index is 9.13. The third-order valence-electron chi connectivity index (χ3n) is 3.34. The van der Waals surface area contributed by atoms with E-state index >= 15 is 0 Å². The average molecular weight is 228 g/mol. The monoisotopic (exact) mass is 228 g/mol. The summed E-state index contributed by atoms with van der Waals surface area (Å²) in [6.07, 6.45) is 5.53. The van der Waals surface area contributed by atoms with Crippen molar-refractivity contribution in [1.29, 1.82) is 0 Å². The number of aliphatic hydroxyl groups excluding tert-OH is 1. The Morgan fingerprint density at radius 3 is 2.31 bits per heavy atom. The van der Waals surface area contributed by atoms with Gasteiger partial charge < -0.3 is 15.3 Å². The van der Waals surface area contributed by atoms with Gasteiger partial charge in [-0.3, -0.25) is 0 Å². The molecule has 1 aliphatic heterocycles. The van der Waals surface area contributed by atoms with E-state index in [-0.39, 0.29) is 12.0 Å². The normalized spacial score (nSPS) is 19.7. The third kappa shape index (κ3) is 5.83. The summed E-state index contributed by atoms with van der Waals surface area (Å²) in [5.74, 6) is 0. The second-order valence-electron chi connectivity index (χ2n) is 5.75. The second-order valence-corrected chi connectivity index (χ2v) is 5.75. The summed E-state index contributed by atoms with van der Waals surface area (Å²) in [5, 5.41) is 12.6. The molecule has 0 radical (unpaired) electrons. The van der Waals surface area contributed by atoms with E-state index < -0.39 is 0 Å². The van der Waals surface area contributed by atoms with E-state index in [0.29, 0.717) is 0 Å². The highest BCUT2D eigenvalue weighted by atomic mass is 16.3. The van der Waals surface area contributed by atoms with Gasteiger partial charge in [0.25, 0.3) is 0 Å². The molecular weight excluding hydrogens is 200 g/mol. The smallest absolute Gasteiger partial charge is 0.0494 e. The molecule has 0 aromatic carbocycles. The van der Waals surface area contributed by atoms with E-state index in [9.17, 15) is 0 Å². The third-order valence-corrected chi connectivity index (χ3v) is 3.34. The Balaban J connectivity index is 2.05. The van der Waals surface area contributed by atoms with Crippen LogP contribution < -0.4 is 5.32 Å². The van der Waals surface area contributed by atoms with Gasteiger partial charge >= 0.3 is 0 Å². The van der Waals surface area contributed by atoms with Crippen LogP contribution in [0.15, 0.2) is 0 Å². The van der Waals surface area contributed by atoms with Crippen LogP contribution in [0.25, 0.3) is 0 Å². The van der Waals surface area contributed by atoms with Gasteiger partial charge in [-0.15, -0.1) is 0 Å². The lowest BCUT2D eigenvalue weighted by Crippen LogP contribution is -2.38. The van der Waals surface area contributed by atoms with Crippen molar-refractivity contribution in [3.05, 3.63) is 0 Å². The van der Waals surface area contributed by atoms with Gasteiger partial charge in [-0.2, -0.15) is 0 Å². The van der Waals surface area contributed by atoms with E-state index in [1.54, 1.807) is 0 Å². The fourth-order valence-corrected chi connectivity index (χ4v) is 2.08. The van der Waals surface area contributed by atoms with Crippen LogP contribution >= 0.6 is 0 Å². The van der Waals surface area contributed by atoms with E-state index in [0.717, 1.165) is 19.6 Å². The molecule has 2 N–H and O–H groups in total. The molecule has 16 heavy (non-hydrogen) atoms. The Morgan fingerprint density at radius 1 is 1.12 bits per heavy atom. The Bertz CT molecular complexity index is 175. The van der Waals surface area contributed by atoms with Gasteiger partial charge in [0.15, 0.2) is 0 Å². The van der Waals surface area contributed by atoms with Crippen LogP contribution in [0, 0.1) is 5.41 Å². The van der Waals surface area contributed by atoms with Crippen molar-refractivity contribution < 1.29 is 5.11 Å². The summed E-state index contributed by atoms with van der Waals surface area (Å²) in [4.78, 5) is 2.56. The fourth-order valence-electron chi connectivity index (χ4n) is 2.08. The molecule has 1 fully saturated rings. The first kappa shape index (κ1) is 13.9. The first-order valence-corrected chi connectivity index (χ1v) is 6.68. The summed E-state index contributed by atoms with van der Waals surface area (Å²) >= 11 is 0. The minimum atomic E-state index is 0.0127. The van der Waals surface area contributed by atoms with E-state index in [1.165, 1.54) is 38.8 Å². The molecule has 3 nitrogen and oxygen atoms in total. The Hall–Kier alpha value is -0.120. The summed E-state index contributed by atoms with van der Waals surface area (Å²) in [6, 6.07) is 0. The summed E-state index contributed by atoms with van der Waals surface area (Å²) in [5.41, 5.74) is 0.0127. The lowest BCUT2D eigenvalue weighted by molar-refractivity contribution is 0.155. The number of rotatable bonds is 6. The van der Waals surface area contributed by atoms with Crippen molar-refractivity contribution in [2.24, 2.45) is 5.41 Å². The number of hydrogen-bond donors (Lipinski definition) is 2. The zero-order chi connectivity index (χ0) is 11.9. The zero-order valence-electron chi connectivity index (χ0n) is 11.0. The quantitative estimate of drug-likeness (QED) is 0.676. The molecule has 1 heterocycles. The van der Waals surface area contributed by atoms with Gasteiger partial charge in [0.05, 0.1) is 0 Å². The highest BCUT2D eigenvalue weighted by molar-refractivity contribution is 4.71. The Labute approximate surface area is 100 Å². The molecule has 1 saturated heterocycles. The van der Waals surface area contributed by atoms with Gasteiger partial charge in [-0.25, -0.2) is 0 Å². The molecular formula is C13H28N2O. The molecule has 0 amide bonds.